The summed E-state index contributed by atoms with van der Waals surface area (Å²) < 4.78 is 1.85. The number of β-amino-alcohol motifs (C(OH)–C–C–N with tert-alkyl or cyclic N) is 1. The van der Waals surface area contributed by atoms with Gasteiger partial charge in [-0.15, -0.1) is 0 Å². The van der Waals surface area contributed by atoms with Crippen molar-refractivity contribution in [2.75, 3.05) is 25.0 Å². The number of aryl methyl sites for hydroxylation is 2. The number of nitrogens with zero attached hydrogens (tertiary/aromatic N) is 3. The number of aliphatic hydroxyl groups is 1. The fraction of sp³-hybridized carbons (Fsp3) is 0.444. The zero-order chi connectivity index (χ0) is 17.3. The Balaban J connectivity index is 1.74. The summed E-state index contributed by atoms with van der Waals surface area (Å²) in [5.41, 5.74) is 4.64. The van der Waals surface area contributed by atoms with Crippen LogP contribution in [0.15, 0.2) is 24.3 Å². The minimum absolute atomic E-state index is 0.0706. The maximum atomic E-state index is 12.3. The van der Waals surface area contributed by atoms with Crippen molar-refractivity contribution in [3.63, 3.8) is 0 Å². The fourth-order valence-electron chi connectivity index (χ4n) is 3.10. The predicted molar refractivity (Wildman–Crippen MR) is 93.5 cm³/mol. The Hall–Kier alpha value is -2.18. The topological polar surface area (TPSA) is 70.4 Å². The molecule has 1 fully saturated rings. The van der Waals surface area contributed by atoms with Crippen LogP contribution in [0, 0.1) is 20.8 Å². The number of aliphatic hydroxyl groups excluding tert-OH is 1. The molecule has 3 rings (SSSR count). The number of hydrogen-bond acceptors (Lipinski definition) is 4. The van der Waals surface area contributed by atoms with Gasteiger partial charge in [-0.3, -0.25) is 9.69 Å². The van der Waals surface area contributed by atoms with Gasteiger partial charge in [-0.05, 0) is 39.3 Å². The smallest absolute Gasteiger partial charge is 0.238 e. The highest BCUT2D eigenvalue weighted by Gasteiger charge is 2.23. The second kappa shape index (κ2) is 6.75. The van der Waals surface area contributed by atoms with Crippen molar-refractivity contribution >= 4 is 11.6 Å². The second-order valence-electron chi connectivity index (χ2n) is 6.52. The van der Waals surface area contributed by atoms with Gasteiger partial charge in [0.05, 0.1) is 35.4 Å². The Kier molecular flexibility index (Phi) is 4.69. The van der Waals surface area contributed by atoms with Gasteiger partial charge in [0.15, 0.2) is 0 Å². The molecule has 2 N–H and O–H groups in total. The van der Waals surface area contributed by atoms with Crippen molar-refractivity contribution in [1.29, 1.82) is 0 Å². The van der Waals surface area contributed by atoms with E-state index in [-0.39, 0.29) is 12.0 Å². The molecule has 0 bridgehead atoms. The number of rotatable bonds is 4. The molecule has 0 radical (unpaired) electrons. The molecule has 2 heterocycles. The lowest BCUT2D eigenvalue weighted by Crippen LogP contribution is -2.32. The molecule has 2 aromatic rings. The molecule has 0 spiro atoms. The van der Waals surface area contributed by atoms with E-state index in [1.54, 1.807) is 0 Å². The summed E-state index contributed by atoms with van der Waals surface area (Å²) in [6, 6.07) is 8.13. The van der Waals surface area contributed by atoms with Crippen LogP contribution in [0.5, 0.6) is 0 Å². The summed E-state index contributed by atoms with van der Waals surface area (Å²) in [6.07, 6.45) is 0.419. The van der Waals surface area contributed by atoms with Gasteiger partial charge in [0.1, 0.15) is 0 Å². The third-order valence-electron chi connectivity index (χ3n) is 4.45. The maximum absolute atomic E-state index is 12.3. The summed E-state index contributed by atoms with van der Waals surface area (Å²) in [6.45, 7) is 7.52. The first-order chi connectivity index (χ1) is 11.4. The normalized spacial score (nSPS) is 18.1. The van der Waals surface area contributed by atoms with Gasteiger partial charge < -0.3 is 10.4 Å². The van der Waals surface area contributed by atoms with Crippen molar-refractivity contribution in [2.24, 2.45) is 0 Å². The monoisotopic (exact) mass is 328 g/mol. The summed E-state index contributed by atoms with van der Waals surface area (Å²) in [5, 5.41) is 17.1. The molecule has 1 aliphatic heterocycles. The Morgan fingerprint density at radius 2 is 2.00 bits per heavy atom. The molecule has 1 aliphatic rings. The van der Waals surface area contributed by atoms with Gasteiger partial charge in [0.25, 0.3) is 0 Å². The molecule has 1 amide bonds. The summed E-state index contributed by atoms with van der Waals surface area (Å²) >= 11 is 0. The molecule has 1 saturated heterocycles. The number of benzene rings is 1. The average Bonchev–Trinajstić information content (AvgIpc) is 3.06. The van der Waals surface area contributed by atoms with E-state index in [4.69, 9.17) is 0 Å². The van der Waals surface area contributed by atoms with Gasteiger partial charge in [0.2, 0.25) is 5.91 Å². The minimum Gasteiger partial charge on any atom is -0.392 e. The first-order valence-corrected chi connectivity index (χ1v) is 8.27. The number of carbonyl (C=O) groups excluding carboxylic acids is 1. The van der Waals surface area contributed by atoms with Crippen molar-refractivity contribution < 1.29 is 9.90 Å². The third-order valence-corrected chi connectivity index (χ3v) is 4.45. The summed E-state index contributed by atoms with van der Waals surface area (Å²) in [4.78, 5) is 14.3. The Morgan fingerprint density at radius 1 is 1.29 bits per heavy atom. The van der Waals surface area contributed by atoms with E-state index >= 15 is 0 Å². The van der Waals surface area contributed by atoms with E-state index in [2.05, 4.69) is 10.4 Å². The van der Waals surface area contributed by atoms with Crippen molar-refractivity contribution in [3.05, 3.63) is 41.2 Å². The lowest BCUT2D eigenvalue weighted by Gasteiger charge is -2.14. The Morgan fingerprint density at radius 3 is 2.62 bits per heavy atom. The zero-order valence-corrected chi connectivity index (χ0v) is 14.4. The Bertz CT molecular complexity index is 736. The number of amides is 1. The van der Waals surface area contributed by atoms with E-state index in [0.29, 0.717) is 13.1 Å². The number of hydrogen-bond donors (Lipinski definition) is 2. The first-order valence-electron chi connectivity index (χ1n) is 8.27. The first kappa shape index (κ1) is 16.7. The molecule has 1 aromatic carbocycles. The standard InChI is InChI=1S/C18H24N4O2/c1-12-4-6-15(7-5-12)22-14(3)18(13(2)20-22)19-17(24)11-21-9-8-16(23)10-21/h4-7,16,23H,8-11H2,1-3H3,(H,19,24). The largest absolute Gasteiger partial charge is 0.392 e. The number of carbonyl (C=O) groups is 1. The van der Waals surface area contributed by atoms with Gasteiger partial charge in [-0.2, -0.15) is 5.10 Å². The molecule has 24 heavy (non-hydrogen) atoms. The van der Waals surface area contributed by atoms with Crippen LogP contribution in [-0.2, 0) is 4.79 Å². The van der Waals surface area contributed by atoms with Crippen molar-refractivity contribution in [1.82, 2.24) is 14.7 Å². The van der Waals surface area contributed by atoms with E-state index in [0.717, 1.165) is 35.7 Å². The summed E-state index contributed by atoms with van der Waals surface area (Å²) in [7, 11) is 0. The van der Waals surface area contributed by atoms with Crippen molar-refractivity contribution in [2.45, 2.75) is 33.3 Å². The lowest BCUT2D eigenvalue weighted by molar-refractivity contribution is -0.117. The van der Waals surface area contributed by atoms with E-state index in [1.165, 1.54) is 5.56 Å². The quantitative estimate of drug-likeness (QED) is 0.898. The van der Waals surface area contributed by atoms with Crippen LogP contribution in [0.4, 0.5) is 5.69 Å². The molecule has 0 aliphatic carbocycles. The fourth-order valence-corrected chi connectivity index (χ4v) is 3.10. The van der Waals surface area contributed by atoms with Gasteiger partial charge in [-0.25, -0.2) is 4.68 Å². The van der Waals surface area contributed by atoms with E-state index in [1.807, 2.05) is 54.6 Å². The SMILES string of the molecule is Cc1ccc(-n2nc(C)c(NC(=O)CN3CCC(O)C3)c2C)cc1. The van der Waals surface area contributed by atoms with Crippen LogP contribution < -0.4 is 5.32 Å². The van der Waals surface area contributed by atoms with Crippen LogP contribution in [0.25, 0.3) is 5.69 Å². The van der Waals surface area contributed by atoms with Crippen LogP contribution in [0.3, 0.4) is 0 Å². The zero-order valence-electron chi connectivity index (χ0n) is 14.4. The highest BCUT2D eigenvalue weighted by atomic mass is 16.3. The summed E-state index contributed by atoms with van der Waals surface area (Å²) in [5.74, 6) is -0.0706. The van der Waals surface area contributed by atoms with Crippen LogP contribution >= 0.6 is 0 Å². The number of anilines is 1. The molecular weight excluding hydrogens is 304 g/mol. The second-order valence-corrected chi connectivity index (χ2v) is 6.52. The molecule has 128 valence electrons. The van der Waals surface area contributed by atoms with Crippen LogP contribution in [0.1, 0.15) is 23.4 Å². The molecule has 1 aromatic heterocycles. The van der Waals surface area contributed by atoms with Crippen LogP contribution in [0.2, 0.25) is 0 Å². The molecule has 1 unspecified atom stereocenters. The van der Waals surface area contributed by atoms with Crippen molar-refractivity contribution in [3.8, 4) is 5.69 Å². The third kappa shape index (κ3) is 3.49. The molecular formula is C18H24N4O2. The average molecular weight is 328 g/mol. The number of nitrogens with one attached hydrogen (secondary N) is 1. The molecule has 0 saturated carbocycles. The maximum Gasteiger partial charge on any atom is 0.238 e. The Labute approximate surface area is 142 Å². The lowest BCUT2D eigenvalue weighted by atomic mass is 10.2. The highest BCUT2D eigenvalue weighted by Crippen LogP contribution is 2.23. The van der Waals surface area contributed by atoms with Crippen LogP contribution in [-0.4, -0.2) is 51.4 Å². The molecule has 6 heteroatoms. The molecule has 1 atom stereocenters. The minimum atomic E-state index is -0.314. The highest BCUT2D eigenvalue weighted by molar-refractivity contribution is 5.93. The molecule has 6 nitrogen and oxygen atoms in total. The van der Waals surface area contributed by atoms with Gasteiger partial charge in [0, 0.05) is 13.1 Å². The van der Waals surface area contributed by atoms with E-state index in [9.17, 15) is 9.90 Å². The number of aromatic nitrogens is 2. The van der Waals surface area contributed by atoms with Gasteiger partial charge in [-0.1, -0.05) is 17.7 Å². The number of likely N-dealkylation sites (tertiary alicyclic amines) is 1. The van der Waals surface area contributed by atoms with Gasteiger partial charge >= 0.3 is 0 Å². The van der Waals surface area contributed by atoms with E-state index < -0.39 is 0 Å². The predicted octanol–water partition coefficient (Wildman–Crippen LogP) is 1.80.